The number of benzene rings is 2. The number of hydrogen-bond acceptors (Lipinski definition) is 4. The van der Waals surface area contributed by atoms with Crippen molar-refractivity contribution in [3.8, 4) is 5.69 Å². The van der Waals surface area contributed by atoms with E-state index in [1.807, 2.05) is 53.9 Å². The average Bonchev–Trinajstić information content (AvgIpc) is 3.42. The molecule has 0 unspecified atom stereocenters. The van der Waals surface area contributed by atoms with Gasteiger partial charge in [-0.2, -0.15) is 0 Å². The number of anilines is 1. The summed E-state index contributed by atoms with van der Waals surface area (Å²) in [4.78, 5) is 40.0. The molecular formula is C23H19N3O3S. The van der Waals surface area contributed by atoms with E-state index in [9.17, 15) is 14.4 Å². The third kappa shape index (κ3) is 3.07. The van der Waals surface area contributed by atoms with Crippen LogP contribution in [0, 0.1) is 0 Å². The van der Waals surface area contributed by atoms with Crippen LogP contribution in [0.1, 0.15) is 18.4 Å². The maximum atomic E-state index is 13.3. The predicted octanol–water partition coefficient (Wildman–Crippen LogP) is 3.39. The summed E-state index contributed by atoms with van der Waals surface area (Å²) in [7, 11) is 0. The second-order valence-electron chi connectivity index (χ2n) is 7.30. The van der Waals surface area contributed by atoms with Crippen LogP contribution in [0.5, 0.6) is 0 Å². The van der Waals surface area contributed by atoms with Crippen LogP contribution in [0.3, 0.4) is 0 Å². The second kappa shape index (κ2) is 7.42. The molecule has 1 saturated heterocycles. The number of thiophene rings is 1. The van der Waals surface area contributed by atoms with Crippen molar-refractivity contribution in [3.05, 3.63) is 92.4 Å². The van der Waals surface area contributed by atoms with Gasteiger partial charge in [0.1, 0.15) is 4.70 Å². The van der Waals surface area contributed by atoms with E-state index >= 15 is 0 Å². The fourth-order valence-corrected chi connectivity index (χ4v) is 4.75. The number of nitrogens with zero attached hydrogens (tertiary/aromatic N) is 3. The van der Waals surface area contributed by atoms with Crippen molar-refractivity contribution < 1.29 is 4.79 Å². The van der Waals surface area contributed by atoms with Crippen molar-refractivity contribution in [1.82, 2.24) is 9.13 Å². The fraction of sp³-hybridized carbons (Fsp3) is 0.174. The summed E-state index contributed by atoms with van der Waals surface area (Å²) in [6.45, 7) is 1.09. The van der Waals surface area contributed by atoms with Gasteiger partial charge in [0.15, 0.2) is 0 Å². The van der Waals surface area contributed by atoms with Gasteiger partial charge >= 0.3 is 5.69 Å². The Morgan fingerprint density at radius 1 is 0.867 bits per heavy atom. The van der Waals surface area contributed by atoms with Crippen molar-refractivity contribution in [2.24, 2.45) is 0 Å². The van der Waals surface area contributed by atoms with Crippen molar-refractivity contribution in [1.29, 1.82) is 0 Å². The number of aromatic nitrogens is 2. The van der Waals surface area contributed by atoms with E-state index < -0.39 is 0 Å². The molecular weight excluding hydrogens is 398 g/mol. The van der Waals surface area contributed by atoms with Crippen molar-refractivity contribution in [3.63, 3.8) is 0 Å². The lowest BCUT2D eigenvalue weighted by Gasteiger charge is -2.16. The van der Waals surface area contributed by atoms with Crippen molar-refractivity contribution in [2.75, 3.05) is 11.4 Å². The maximum absolute atomic E-state index is 13.3. The summed E-state index contributed by atoms with van der Waals surface area (Å²) in [5.41, 5.74) is 2.34. The molecule has 3 heterocycles. The minimum absolute atomic E-state index is 0.147. The first kappa shape index (κ1) is 18.6. The van der Waals surface area contributed by atoms with Crippen LogP contribution in [-0.4, -0.2) is 21.6 Å². The van der Waals surface area contributed by atoms with Gasteiger partial charge in [0.25, 0.3) is 5.56 Å². The second-order valence-corrected chi connectivity index (χ2v) is 8.21. The maximum Gasteiger partial charge on any atom is 0.336 e. The molecule has 1 aliphatic rings. The van der Waals surface area contributed by atoms with Crippen LogP contribution >= 0.6 is 11.3 Å². The zero-order valence-corrected chi connectivity index (χ0v) is 17.0. The molecule has 0 aliphatic carbocycles. The van der Waals surface area contributed by atoms with Crippen molar-refractivity contribution >= 4 is 33.1 Å². The highest BCUT2D eigenvalue weighted by atomic mass is 32.1. The summed E-state index contributed by atoms with van der Waals surface area (Å²) in [6, 6.07) is 18.5. The van der Waals surface area contributed by atoms with Gasteiger partial charge in [0, 0.05) is 18.7 Å². The first-order valence-corrected chi connectivity index (χ1v) is 10.7. The van der Waals surface area contributed by atoms with Gasteiger partial charge in [-0.05, 0) is 47.7 Å². The smallest absolute Gasteiger partial charge is 0.312 e. The van der Waals surface area contributed by atoms with Crippen LogP contribution < -0.4 is 16.1 Å². The molecule has 7 heteroatoms. The summed E-state index contributed by atoms with van der Waals surface area (Å²) in [5.74, 6) is 0.147. The van der Waals surface area contributed by atoms with E-state index in [4.69, 9.17) is 0 Å². The van der Waals surface area contributed by atoms with Gasteiger partial charge in [-0.3, -0.25) is 14.2 Å². The van der Waals surface area contributed by atoms with Crippen LogP contribution in [0.25, 0.3) is 15.9 Å². The molecule has 5 rings (SSSR count). The molecule has 0 spiro atoms. The van der Waals surface area contributed by atoms with Crippen LogP contribution in [0.2, 0.25) is 0 Å². The van der Waals surface area contributed by atoms with E-state index in [0.29, 0.717) is 28.9 Å². The SMILES string of the molecule is O=C1CCCN1c1ccc(Cn2c(=O)n(-c3ccccc3)c(=O)c3sccc32)cc1. The lowest BCUT2D eigenvalue weighted by molar-refractivity contribution is -0.117. The molecule has 4 aromatic rings. The molecule has 1 fully saturated rings. The third-order valence-electron chi connectivity index (χ3n) is 5.43. The molecule has 2 aromatic carbocycles. The molecule has 30 heavy (non-hydrogen) atoms. The van der Waals surface area contributed by atoms with Gasteiger partial charge in [0.05, 0.1) is 17.7 Å². The number of carbonyl (C=O) groups excluding carboxylic acids is 1. The van der Waals surface area contributed by atoms with E-state index in [-0.39, 0.29) is 17.2 Å². The number of fused-ring (bicyclic) bond motifs is 1. The van der Waals surface area contributed by atoms with Gasteiger partial charge in [-0.15, -0.1) is 11.3 Å². The number of amides is 1. The molecule has 6 nitrogen and oxygen atoms in total. The van der Waals surface area contributed by atoms with Crippen LogP contribution in [0.15, 0.2) is 75.6 Å². The zero-order chi connectivity index (χ0) is 20.7. The molecule has 1 amide bonds. The third-order valence-corrected chi connectivity index (χ3v) is 6.32. The first-order valence-electron chi connectivity index (χ1n) is 9.81. The van der Waals surface area contributed by atoms with Gasteiger partial charge in [-0.25, -0.2) is 9.36 Å². The topological polar surface area (TPSA) is 64.3 Å². The molecule has 150 valence electrons. The molecule has 0 radical (unpaired) electrons. The Bertz CT molecular complexity index is 1350. The van der Waals surface area contributed by atoms with E-state index in [1.165, 1.54) is 15.9 Å². The van der Waals surface area contributed by atoms with Crippen LogP contribution in [-0.2, 0) is 11.3 Å². The summed E-state index contributed by atoms with van der Waals surface area (Å²) < 4.78 is 3.42. The number of carbonyl (C=O) groups is 1. The fourth-order valence-electron chi connectivity index (χ4n) is 3.93. The van der Waals surface area contributed by atoms with E-state index in [2.05, 4.69) is 0 Å². The Labute approximate surface area is 176 Å². The minimum Gasteiger partial charge on any atom is -0.312 e. The normalized spacial score (nSPS) is 14.0. The highest BCUT2D eigenvalue weighted by molar-refractivity contribution is 7.17. The predicted molar refractivity (Wildman–Crippen MR) is 119 cm³/mol. The number of hydrogen-bond donors (Lipinski definition) is 0. The van der Waals surface area contributed by atoms with Gasteiger partial charge in [-0.1, -0.05) is 30.3 Å². The highest BCUT2D eigenvalue weighted by Crippen LogP contribution is 2.23. The highest BCUT2D eigenvalue weighted by Gasteiger charge is 2.21. The van der Waals surface area contributed by atoms with Gasteiger partial charge in [0.2, 0.25) is 5.91 Å². The Balaban J connectivity index is 1.58. The summed E-state index contributed by atoms with van der Waals surface area (Å²) >= 11 is 1.34. The number of rotatable bonds is 4. The Morgan fingerprint density at radius 2 is 1.63 bits per heavy atom. The molecule has 0 saturated carbocycles. The standard InChI is InChI=1S/C23H19N3O3S/c27-20-7-4-13-24(20)17-10-8-16(9-11-17)15-25-19-12-14-30-21(19)22(28)26(23(25)29)18-5-2-1-3-6-18/h1-3,5-6,8-12,14H,4,7,13,15H2. The lowest BCUT2D eigenvalue weighted by Crippen LogP contribution is -2.38. The van der Waals surface area contributed by atoms with E-state index in [0.717, 1.165) is 24.2 Å². The number of para-hydroxylation sites is 1. The molecule has 0 N–H and O–H groups in total. The Morgan fingerprint density at radius 3 is 2.33 bits per heavy atom. The Kier molecular flexibility index (Phi) is 4.59. The summed E-state index contributed by atoms with van der Waals surface area (Å²) in [6.07, 6.45) is 1.47. The van der Waals surface area contributed by atoms with Gasteiger partial charge < -0.3 is 4.90 Å². The summed E-state index contributed by atoms with van der Waals surface area (Å²) in [5, 5.41) is 1.83. The molecule has 0 atom stereocenters. The molecule has 1 aliphatic heterocycles. The molecule has 0 bridgehead atoms. The minimum atomic E-state index is -0.365. The largest absolute Gasteiger partial charge is 0.336 e. The quantitative estimate of drug-likeness (QED) is 0.511. The zero-order valence-electron chi connectivity index (χ0n) is 16.2. The molecule has 2 aromatic heterocycles. The van der Waals surface area contributed by atoms with Crippen molar-refractivity contribution in [2.45, 2.75) is 19.4 Å². The first-order chi connectivity index (χ1) is 14.6. The lowest BCUT2D eigenvalue weighted by atomic mass is 10.2. The average molecular weight is 417 g/mol. The van der Waals surface area contributed by atoms with Crippen LogP contribution in [0.4, 0.5) is 5.69 Å². The Hall–Kier alpha value is -3.45. The van der Waals surface area contributed by atoms with E-state index in [1.54, 1.807) is 21.6 Å². The monoisotopic (exact) mass is 417 g/mol.